The summed E-state index contributed by atoms with van der Waals surface area (Å²) in [4.78, 5) is 11.9. The highest BCUT2D eigenvalue weighted by atomic mass is 31.2. The number of esters is 1. The minimum absolute atomic E-state index is 0.160. The van der Waals surface area contributed by atoms with Crippen LogP contribution < -0.4 is 9.61 Å². The Morgan fingerprint density at radius 2 is 2.00 bits per heavy atom. The zero-order valence-corrected chi connectivity index (χ0v) is 14.5. The van der Waals surface area contributed by atoms with Crippen LogP contribution in [-0.4, -0.2) is 31.6 Å². The van der Waals surface area contributed by atoms with Gasteiger partial charge >= 0.3 is 13.5 Å². The van der Waals surface area contributed by atoms with Crippen LogP contribution in [0.15, 0.2) is 24.3 Å². The van der Waals surface area contributed by atoms with Crippen molar-refractivity contribution >= 4 is 13.5 Å². The Hall–Kier alpha value is -1.87. The fourth-order valence-electron chi connectivity index (χ4n) is 1.74. The van der Waals surface area contributed by atoms with Crippen molar-refractivity contribution in [3.05, 3.63) is 29.8 Å². The zero-order chi connectivity index (χ0) is 17.5. The fourth-order valence-corrected chi connectivity index (χ4v) is 3.43. The topological polar surface area (TPSA) is 97.7 Å². The van der Waals surface area contributed by atoms with Gasteiger partial charge < -0.3 is 14.0 Å². The highest BCUT2D eigenvalue weighted by Gasteiger charge is 2.31. The Labute approximate surface area is 136 Å². The normalized spacial score (nSPS) is 14.6. The maximum atomic E-state index is 12.9. The van der Waals surface area contributed by atoms with E-state index in [0.29, 0.717) is 0 Å². The summed E-state index contributed by atoms with van der Waals surface area (Å²) < 4.78 is 28.3. The molecule has 1 N–H and O–H groups in total. The Morgan fingerprint density at radius 1 is 1.35 bits per heavy atom. The molecule has 0 fully saturated rings. The minimum atomic E-state index is -3.56. The average Bonchev–Trinajstić information content (AvgIpc) is 2.47. The predicted octanol–water partition coefficient (Wildman–Crippen LogP) is 2.66. The van der Waals surface area contributed by atoms with E-state index in [-0.39, 0.29) is 23.8 Å². The third-order valence-corrected chi connectivity index (χ3v) is 4.52. The summed E-state index contributed by atoms with van der Waals surface area (Å²) in [5.41, 5.74) is 0.239. The van der Waals surface area contributed by atoms with Crippen LogP contribution in [0.4, 0.5) is 0 Å². The summed E-state index contributed by atoms with van der Waals surface area (Å²) in [6, 6.07) is 7.50. The molecule has 23 heavy (non-hydrogen) atoms. The molecule has 7 nitrogen and oxygen atoms in total. The average molecular weight is 340 g/mol. The first-order valence-corrected chi connectivity index (χ1v) is 8.87. The second-order valence-corrected chi connectivity index (χ2v) is 7.17. The summed E-state index contributed by atoms with van der Waals surface area (Å²) in [7, 11) is -2.19. The lowest BCUT2D eigenvalue weighted by Crippen LogP contribution is -2.36. The first-order valence-electron chi connectivity index (χ1n) is 7.06. The molecule has 1 rings (SSSR count). The molecule has 1 unspecified atom stereocenters. The van der Waals surface area contributed by atoms with Gasteiger partial charge in [0.1, 0.15) is 24.2 Å². The molecule has 2 atom stereocenters. The number of hydrogen-bond donors (Lipinski definition) is 1. The molecule has 0 bridgehead atoms. The van der Waals surface area contributed by atoms with Gasteiger partial charge in [-0.15, -0.1) is 0 Å². The van der Waals surface area contributed by atoms with E-state index in [0.717, 1.165) is 0 Å². The number of benzene rings is 1. The van der Waals surface area contributed by atoms with E-state index in [9.17, 15) is 9.36 Å². The van der Waals surface area contributed by atoms with Crippen LogP contribution in [0.2, 0.25) is 0 Å². The van der Waals surface area contributed by atoms with E-state index < -0.39 is 19.5 Å². The van der Waals surface area contributed by atoms with Crippen molar-refractivity contribution in [3.8, 4) is 11.8 Å². The molecular formula is C15H21N2O5P. The number of rotatable bonds is 8. The third-order valence-electron chi connectivity index (χ3n) is 2.65. The number of carbonyl (C=O) groups is 1. The summed E-state index contributed by atoms with van der Waals surface area (Å²) >= 11 is 0. The lowest BCUT2D eigenvalue weighted by atomic mass is 10.2. The van der Waals surface area contributed by atoms with Gasteiger partial charge in [-0.05, 0) is 32.9 Å². The van der Waals surface area contributed by atoms with Crippen LogP contribution >= 0.6 is 7.52 Å². The predicted molar refractivity (Wildman–Crippen MR) is 85.1 cm³/mol. The highest BCUT2D eigenvalue weighted by Crippen LogP contribution is 2.44. The number of ether oxygens (including phenoxy) is 2. The second-order valence-electron chi connectivity index (χ2n) is 5.13. The number of nitrogens with zero attached hydrogens (tertiary/aromatic N) is 1. The molecular weight excluding hydrogens is 319 g/mol. The molecule has 126 valence electrons. The molecule has 8 heteroatoms. The molecule has 0 radical (unpaired) electrons. The number of methoxy groups -OCH3 is 1. The molecule has 0 aromatic heterocycles. The Morgan fingerprint density at radius 3 is 2.57 bits per heavy atom. The van der Waals surface area contributed by atoms with E-state index in [1.807, 2.05) is 6.07 Å². The largest absolute Gasteiger partial charge is 0.462 e. The second kappa shape index (κ2) is 8.68. The van der Waals surface area contributed by atoms with Crippen molar-refractivity contribution in [3.63, 3.8) is 0 Å². The van der Waals surface area contributed by atoms with Crippen molar-refractivity contribution in [2.24, 2.45) is 0 Å². The molecule has 0 aliphatic heterocycles. The lowest BCUT2D eigenvalue weighted by Gasteiger charge is -2.23. The Bertz CT molecular complexity index is 627. The van der Waals surface area contributed by atoms with Gasteiger partial charge in [0.25, 0.3) is 0 Å². The van der Waals surface area contributed by atoms with Gasteiger partial charge in [0, 0.05) is 7.11 Å². The van der Waals surface area contributed by atoms with E-state index in [1.165, 1.54) is 20.1 Å². The molecule has 1 aromatic carbocycles. The Balaban J connectivity index is 2.93. The number of carbonyl (C=O) groups excluding carboxylic acids is 1. The highest BCUT2D eigenvalue weighted by molar-refractivity contribution is 7.57. The monoisotopic (exact) mass is 340 g/mol. The van der Waals surface area contributed by atoms with Crippen molar-refractivity contribution in [2.75, 3.05) is 13.5 Å². The van der Waals surface area contributed by atoms with Crippen LogP contribution in [0.5, 0.6) is 5.75 Å². The zero-order valence-electron chi connectivity index (χ0n) is 13.6. The van der Waals surface area contributed by atoms with Crippen LogP contribution in [-0.2, 0) is 18.8 Å². The van der Waals surface area contributed by atoms with Gasteiger partial charge in [0.15, 0.2) is 0 Å². The maximum Gasteiger partial charge on any atom is 0.342 e. The van der Waals surface area contributed by atoms with E-state index in [2.05, 4.69) is 5.09 Å². The van der Waals surface area contributed by atoms with Crippen molar-refractivity contribution < 1.29 is 23.4 Å². The van der Waals surface area contributed by atoms with Gasteiger partial charge in [-0.25, -0.2) is 5.09 Å². The minimum Gasteiger partial charge on any atom is -0.462 e. The van der Waals surface area contributed by atoms with Crippen molar-refractivity contribution in [1.82, 2.24) is 5.09 Å². The van der Waals surface area contributed by atoms with Crippen LogP contribution in [0.3, 0.4) is 0 Å². The Kier molecular flexibility index (Phi) is 7.24. The quantitative estimate of drug-likeness (QED) is 0.574. The number of nitriles is 1. The van der Waals surface area contributed by atoms with Crippen LogP contribution in [0, 0.1) is 11.3 Å². The molecule has 0 saturated heterocycles. The van der Waals surface area contributed by atoms with Gasteiger partial charge in [-0.2, -0.15) is 5.26 Å². The molecule has 0 spiro atoms. The van der Waals surface area contributed by atoms with Gasteiger partial charge in [0.2, 0.25) is 0 Å². The molecule has 0 aliphatic rings. The first-order chi connectivity index (χ1) is 10.8. The number of nitrogens with one attached hydrogen (secondary N) is 1. The third kappa shape index (κ3) is 6.03. The maximum absolute atomic E-state index is 12.9. The van der Waals surface area contributed by atoms with Gasteiger partial charge in [0.05, 0.1) is 11.7 Å². The first kappa shape index (κ1) is 19.2. The van der Waals surface area contributed by atoms with E-state index in [1.54, 1.807) is 32.0 Å². The fraction of sp³-hybridized carbons (Fsp3) is 0.467. The van der Waals surface area contributed by atoms with Crippen molar-refractivity contribution in [2.45, 2.75) is 32.9 Å². The summed E-state index contributed by atoms with van der Waals surface area (Å²) in [5.74, 6) is -0.388. The SMILES string of the molecule is COCP(=O)(N[C@@H](C)C(=O)OC(C)C)Oc1ccccc1C#N. The van der Waals surface area contributed by atoms with Gasteiger partial charge in [-0.1, -0.05) is 12.1 Å². The lowest BCUT2D eigenvalue weighted by molar-refractivity contribution is -0.149. The van der Waals surface area contributed by atoms with E-state index in [4.69, 9.17) is 19.3 Å². The van der Waals surface area contributed by atoms with Gasteiger partial charge in [-0.3, -0.25) is 9.36 Å². The standard InChI is InChI=1S/C15H21N2O5P/c1-11(2)21-15(18)12(3)17-23(19,10-20-4)22-14-8-6-5-7-13(14)9-16/h5-8,11-12H,10H2,1-4H3,(H,17,19)/t12-,23?/m0/s1. The molecule has 0 heterocycles. The number of para-hydroxylation sites is 1. The molecule has 0 aliphatic carbocycles. The summed E-state index contributed by atoms with van der Waals surface area (Å²) in [6.07, 6.45) is -0.541. The van der Waals surface area contributed by atoms with Crippen molar-refractivity contribution in [1.29, 1.82) is 5.26 Å². The number of hydrogen-bond acceptors (Lipinski definition) is 6. The molecule has 1 aromatic rings. The molecule has 0 saturated carbocycles. The summed E-state index contributed by atoms with van der Waals surface area (Å²) in [6.45, 7) is 4.96. The summed E-state index contributed by atoms with van der Waals surface area (Å²) in [5, 5.41) is 11.7. The molecule has 0 amide bonds. The van der Waals surface area contributed by atoms with E-state index >= 15 is 0 Å². The van der Waals surface area contributed by atoms with Crippen LogP contribution in [0.25, 0.3) is 0 Å². The smallest absolute Gasteiger partial charge is 0.342 e. The van der Waals surface area contributed by atoms with Crippen LogP contribution in [0.1, 0.15) is 26.3 Å².